The number of hydrogen-bond donors (Lipinski definition) is 4. The van der Waals surface area contributed by atoms with Crippen molar-refractivity contribution in [2.45, 2.75) is 26.9 Å². The number of benzene rings is 3. The van der Waals surface area contributed by atoms with Crippen molar-refractivity contribution in [2.24, 2.45) is 0 Å². The number of methoxy groups -OCH3 is 1. The largest absolute Gasteiger partial charge is 0.496 e. The van der Waals surface area contributed by atoms with Crippen LogP contribution in [0.3, 0.4) is 0 Å². The molecule has 0 radical (unpaired) electrons. The number of ether oxygens (including phenoxy) is 1. The number of anilines is 2. The van der Waals surface area contributed by atoms with E-state index in [1.807, 2.05) is 50.2 Å². The fourth-order valence-electron chi connectivity index (χ4n) is 5.43. The minimum atomic E-state index is -0.584. The van der Waals surface area contributed by atoms with E-state index in [4.69, 9.17) is 4.74 Å². The van der Waals surface area contributed by atoms with Gasteiger partial charge in [0.25, 0.3) is 5.56 Å². The first kappa shape index (κ1) is 29.4. The summed E-state index contributed by atoms with van der Waals surface area (Å²) in [5.41, 5.74) is 7.48. The van der Waals surface area contributed by atoms with Crippen LogP contribution in [0.2, 0.25) is 0 Å². The number of rotatable bonds is 9. The third-order valence-electron chi connectivity index (χ3n) is 7.80. The van der Waals surface area contributed by atoms with Crippen LogP contribution in [0.1, 0.15) is 22.3 Å². The molecule has 3 aromatic carbocycles. The van der Waals surface area contributed by atoms with Gasteiger partial charge in [-0.2, -0.15) is 0 Å². The van der Waals surface area contributed by atoms with E-state index < -0.39 is 17.1 Å². The Kier molecular flexibility index (Phi) is 8.17. The highest BCUT2D eigenvalue weighted by Gasteiger charge is 2.17. The van der Waals surface area contributed by atoms with E-state index in [0.29, 0.717) is 33.8 Å². The van der Waals surface area contributed by atoms with Gasteiger partial charge in [0.1, 0.15) is 17.1 Å². The highest BCUT2D eigenvalue weighted by atomic mass is 19.1. The molecule has 10 nitrogen and oxygen atoms in total. The maximum atomic E-state index is 15.6. The smallest absolute Gasteiger partial charge is 0.325 e. The Labute approximate surface area is 257 Å². The monoisotopic (exact) mass is 603 g/mol. The molecule has 45 heavy (non-hydrogen) atoms. The Morgan fingerprint density at radius 2 is 1.62 bits per heavy atom. The molecule has 6 aromatic rings. The van der Waals surface area contributed by atoms with Gasteiger partial charge >= 0.3 is 5.69 Å². The van der Waals surface area contributed by atoms with Crippen LogP contribution in [0.15, 0.2) is 89.0 Å². The van der Waals surface area contributed by atoms with E-state index in [1.165, 1.54) is 19.4 Å². The van der Waals surface area contributed by atoms with Gasteiger partial charge < -0.3 is 20.4 Å². The topological polar surface area (TPSA) is 138 Å². The number of nitrogens with one attached hydrogen (secondary N) is 4. The number of aromatic amines is 2. The summed E-state index contributed by atoms with van der Waals surface area (Å²) in [5, 5.41) is 6.49. The lowest BCUT2D eigenvalue weighted by Gasteiger charge is -2.18. The highest BCUT2D eigenvalue weighted by molar-refractivity contribution is 5.89. The summed E-state index contributed by atoms with van der Waals surface area (Å²) < 4.78 is 21.2. The summed E-state index contributed by atoms with van der Waals surface area (Å²) in [7, 11) is 1.50. The molecule has 0 aliphatic rings. The lowest BCUT2D eigenvalue weighted by Crippen LogP contribution is -2.27. The molecule has 0 saturated carbocycles. The van der Waals surface area contributed by atoms with Crippen LogP contribution in [-0.4, -0.2) is 32.0 Å². The summed E-state index contributed by atoms with van der Waals surface area (Å²) in [6.07, 6.45) is 6.34. The summed E-state index contributed by atoms with van der Waals surface area (Å²) in [6.45, 7) is 4.32. The molecule has 3 heterocycles. The Morgan fingerprint density at radius 3 is 2.42 bits per heavy atom. The van der Waals surface area contributed by atoms with Gasteiger partial charge in [-0.3, -0.25) is 14.8 Å². The zero-order valence-electron chi connectivity index (χ0n) is 24.9. The predicted molar refractivity (Wildman–Crippen MR) is 172 cm³/mol. The molecule has 0 bridgehead atoms. The molecule has 0 atom stereocenters. The van der Waals surface area contributed by atoms with Crippen LogP contribution in [-0.2, 0) is 13.1 Å². The maximum Gasteiger partial charge on any atom is 0.325 e. The lowest BCUT2D eigenvalue weighted by atomic mass is 9.90. The van der Waals surface area contributed by atoms with Gasteiger partial charge in [0, 0.05) is 54.7 Å². The number of nitrogens with zero attached hydrogens (tertiary/aromatic N) is 3. The van der Waals surface area contributed by atoms with Gasteiger partial charge in [0.05, 0.1) is 12.6 Å². The molecular weight excluding hydrogens is 573 g/mol. The molecular formula is C34H30FN7O3. The first-order valence-corrected chi connectivity index (χ1v) is 14.2. The van der Waals surface area contributed by atoms with Gasteiger partial charge in [0.15, 0.2) is 5.82 Å². The second kappa shape index (κ2) is 12.5. The zero-order valence-corrected chi connectivity index (χ0v) is 24.9. The van der Waals surface area contributed by atoms with Crippen LogP contribution >= 0.6 is 0 Å². The van der Waals surface area contributed by atoms with E-state index in [1.54, 1.807) is 18.6 Å². The molecule has 0 saturated heterocycles. The van der Waals surface area contributed by atoms with Crippen LogP contribution in [0.25, 0.3) is 33.3 Å². The van der Waals surface area contributed by atoms with Crippen LogP contribution in [0.5, 0.6) is 5.75 Å². The molecule has 11 heteroatoms. The van der Waals surface area contributed by atoms with Crippen molar-refractivity contribution in [1.82, 2.24) is 30.2 Å². The van der Waals surface area contributed by atoms with E-state index in [9.17, 15) is 9.59 Å². The summed E-state index contributed by atoms with van der Waals surface area (Å²) in [5.74, 6) is 0.560. The number of H-pyrrole nitrogens is 2. The quantitative estimate of drug-likeness (QED) is 0.169. The summed E-state index contributed by atoms with van der Waals surface area (Å²) in [4.78, 5) is 41.2. The zero-order chi connectivity index (χ0) is 31.5. The van der Waals surface area contributed by atoms with Crippen LogP contribution < -0.4 is 26.6 Å². The number of halogens is 1. The van der Waals surface area contributed by atoms with Gasteiger partial charge in [0.2, 0.25) is 0 Å². The summed E-state index contributed by atoms with van der Waals surface area (Å²) >= 11 is 0. The normalized spacial score (nSPS) is 11.1. The standard InChI is InChI=1S/C34H30FN7O3/c1-19-23(21-14-27(35)26(30(15-21)45-3)18-36-16-22-17-40-34(44)42-33(22)43)6-4-7-24(19)25-8-5-9-28(20(25)2)41-32-31-29(10-11-39-32)37-12-13-38-31/h4-15,17,36H,16,18H2,1-3H3,(H,39,41)(H2,40,42,43,44). The molecule has 0 amide bonds. The Balaban J connectivity index is 1.29. The summed E-state index contributed by atoms with van der Waals surface area (Å²) in [6, 6.07) is 17.2. The first-order chi connectivity index (χ1) is 21.8. The average Bonchev–Trinajstić information content (AvgIpc) is 3.04. The number of aromatic nitrogens is 5. The van der Waals surface area contributed by atoms with Crippen LogP contribution in [0.4, 0.5) is 15.9 Å². The number of pyridine rings is 1. The molecule has 3 aromatic heterocycles. The number of hydrogen-bond acceptors (Lipinski definition) is 8. The Hall–Kier alpha value is -5.68. The first-order valence-electron chi connectivity index (χ1n) is 14.2. The third-order valence-corrected chi connectivity index (χ3v) is 7.80. The molecule has 4 N–H and O–H groups in total. The van der Waals surface area contributed by atoms with Crippen molar-refractivity contribution in [1.29, 1.82) is 0 Å². The maximum absolute atomic E-state index is 15.6. The van der Waals surface area contributed by atoms with Gasteiger partial charge in [-0.05, 0) is 71.5 Å². The third kappa shape index (κ3) is 5.93. The molecule has 0 aliphatic heterocycles. The minimum absolute atomic E-state index is 0.114. The molecule has 226 valence electrons. The van der Waals surface area contributed by atoms with E-state index in [2.05, 4.69) is 47.7 Å². The molecule has 6 rings (SSSR count). The Morgan fingerprint density at radius 1 is 0.867 bits per heavy atom. The van der Waals surface area contributed by atoms with E-state index in [0.717, 1.165) is 39.0 Å². The van der Waals surface area contributed by atoms with E-state index in [-0.39, 0.29) is 13.1 Å². The Bertz CT molecular complexity index is 2150. The van der Waals surface area contributed by atoms with Crippen molar-refractivity contribution < 1.29 is 9.13 Å². The van der Waals surface area contributed by atoms with Gasteiger partial charge in [-0.1, -0.05) is 30.3 Å². The highest BCUT2D eigenvalue weighted by Crippen LogP contribution is 2.38. The van der Waals surface area contributed by atoms with Gasteiger partial charge in [-0.25, -0.2) is 19.2 Å². The van der Waals surface area contributed by atoms with Crippen molar-refractivity contribution >= 4 is 22.5 Å². The van der Waals surface area contributed by atoms with Crippen molar-refractivity contribution in [3.63, 3.8) is 0 Å². The van der Waals surface area contributed by atoms with Crippen molar-refractivity contribution in [2.75, 3.05) is 12.4 Å². The average molecular weight is 604 g/mol. The molecule has 0 aliphatic carbocycles. The van der Waals surface area contributed by atoms with Crippen molar-refractivity contribution in [3.8, 4) is 28.0 Å². The SMILES string of the molecule is COc1cc(-c2cccc(-c3cccc(Nc4nccc5nccnc45)c3C)c2C)cc(F)c1CNCc1c[nH]c(=O)[nH]c1=O. The minimum Gasteiger partial charge on any atom is -0.496 e. The fraction of sp³-hybridized carbons (Fsp3) is 0.147. The van der Waals surface area contributed by atoms with Gasteiger partial charge in [-0.15, -0.1) is 0 Å². The second-order valence-corrected chi connectivity index (χ2v) is 10.5. The van der Waals surface area contributed by atoms with E-state index >= 15 is 4.39 Å². The predicted octanol–water partition coefficient (Wildman–Crippen LogP) is 5.53. The lowest BCUT2D eigenvalue weighted by molar-refractivity contribution is 0.402. The molecule has 0 spiro atoms. The molecule has 0 unspecified atom stereocenters. The van der Waals surface area contributed by atoms with Crippen LogP contribution in [0, 0.1) is 19.7 Å². The number of fused-ring (bicyclic) bond motifs is 1. The fourth-order valence-corrected chi connectivity index (χ4v) is 5.43. The van der Waals surface area contributed by atoms with Crippen molar-refractivity contribution in [3.05, 3.63) is 128 Å². The second-order valence-electron chi connectivity index (χ2n) is 10.5. The molecule has 0 fully saturated rings.